The van der Waals surface area contributed by atoms with Crippen molar-refractivity contribution < 1.29 is 9.53 Å². The maximum Gasteiger partial charge on any atom is 0.251 e. The zero-order valence-electron chi connectivity index (χ0n) is 10.3. The van der Waals surface area contributed by atoms with E-state index in [1.165, 1.54) is 0 Å². The van der Waals surface area contributed by atoms with Crippen LogP contribution in [0.1, 0.15) is 25.3 Å². The highest BCUT2D eigenvalue weighted by Crippen LogP contribution is 2.13. The molecule has 94 valence electrons. The van der Waals surface area contributed by atoms with Crippen LogP contribution in [0.4, 0.5) is 0 Å². The smallest absolute Gasteiger partial charge is 0.251 e. The molecule has 0 saturated carbocycles. The highest BCUT2D eigenvalue weighted by atomic mass is 16.5. The van der Waals surface area contributed by atoms with Crippen LogP contribution in [0.3, 0.4) is 0 Å². The van der Waals surface area contributed by atoms with Crippen LogP contribution in [0.5, 0.6) is 5.75 Å². The van der Waals surface area contributed by atoms with Crippen LogP contribution in [0.2, 0.25) is 0 Å². The monoisotopic (exact) mass is 245 g/mol. The van der Waals surface area contributed by atoms with Gasteiger partial charge >= 0.3 is 0 Å². The Hall–Kier alpha value is -1.98. The zero-order chi connectivity index (χ0) is 13.4. The molecule has 1 aromatic rings. The Balaban J connectivity index is 2.45. The van der Waals surface area contributed by atoms with E-state index in [0.29, 0.717) is 19.4 Å². The molecule has 2 radical (unpaired) electrons. The number of hydrogen-bond donors (Lipinski definition) is 2. The standard InChI is InChI=1S/C12H16BN3O2/c1-9(15-16-13)10-4-6-11(7-5-10)18-8-2-3-12(14)17/h4-7,16H,2-3,8H2,1H3,(H2,14,17)/b15-9+. The summed E-state index contributed by atoms with van der Waals surface area (Å²) in [6.45, 7) is 2.32. The quantitative estimate of drug-likeness (QED) is 0.321. The number of amides is 1. The predicted molar refractivity (Wildman–Crippen MR) is 71.5 cm³/mol. The number of nitrogens with zero attached hydrogens (tertiary/aromatic N) is 1. The molecule has 6 heteroatoms. The summed E-state index contributed by atoms with van der Waals surface area (Å²) in [5, 5.41) is 6.12. The summed E-state index contributed by atoms with van der Waals surface area (Å²) < 4.78 is 5.46. The lowest BCUT2D eigenvalue weighted by atomic mass is 10.1. The molecule has 3 N–H and O–H groups in total. The molecule has 0 saturated heterocycles. The summed E-state index contributed by atoms with van der Waals surface area (Å²) in [5.74, 6) is 0.437. The van der Waals surface area contributed by atoms with E-state index in [1.807, 2.05) is 31.2 Å². The highest BCUT2D eigenvalue weighted by molar-refractivity contribution is 6.06. The molecule has 0 heterocycles. The van der Waals surface area contributed by atoms with Crippen molar-refractivity contribution >= 4 is 19.6 Å². The number of nitrogens with one attached hydrogen (secondary N) is 1. The largest absolute Gasteiger partial charge is 0.494 e. The maximum atomic E-state index is 10.5. The SMILES string of the molecule is [B]N/N=C(\C)c1ccc(OCCCC(N)=O)cc1. The third kappa shape index (κ3) is 4.90. The van der Waals surface area contributed by atoms with Crippen LogP contribution >= 0.6 is 0 Å². The first-order valence-corrected chi connectivity index (χ1v) is 5.65. The predicted octanol–water partition coefficient (Wildman–Crippen LogP) is 0.728. The zero-order valence-corrected chi connectivity index (χ0v) is 10.3. The second-order valence-corrected chi connectivity index (χ2v) is 3.77. The van der Waals surface area contributed by atoms with Gasteiger partial charge in [-0.05, 0) is 43.2 Å². The van der Waals surface area contributed by atoms with E-state index in [2.05, 4.69) is 10.4 Å². The Labute approximate surface area is 108 Å². The first-order valence-electron chi connectivity index (χ1n) is 5.65. The summed E-state index contributed by atoms with van der Waals surface area (Å²) in [6.07, 6.45) is 0.959. The molecular weight excluding hydrogens is 229 g/mol. The molecule has 0 spiro atoms. The fourth-order valence-corrected chi connectivity index (χ4v) is 1.39. The van der Waals surface area contributed by atoms with E-state index >= 15 is 0 Å². The number of carbonyl (C=O) groups is 1. The van der Waals surface area contributed by atoms with Crippen molar-refractivity contribution in [3.05, 3.63) is 29.8 Å². The number of hydrazone groups is 1. The van der Waals surface area contributed by atoms with Gasteiger partial charge in [0.05, 0.1) is 12.3 Å². The Bertz CT molecular complexity index is 418. The van der Waals surface area contributed by atoms with Gasteiger partial charge in [0, 0.05) is 6.42 Å². The molecule has 1 aromatic carbocycles. The van der Waals surface area contributed by atoms with E-state index in [9.17, 15) is 4.79 Å². The second-order valence-electron chi connectivity index (χ2n) is 3.77. The van der Waals surface area contributed by atoms with Gasteiger partial charge in [0.1, 0.15) is 5.75 Å². The van der Waals surface area contributed by atoms with E-state index in [-0.39, 0.29) is 5.91 Å². The van der Waals surface area contributed by atoms with Gasteiger partial charge < -0.3 is 15.8 Å². The molecule has 0 bridgehead atoms. The van der Waals surface area contributed by atoms with Gasteiger partial charge in [0.15, 0.2) is 0 Å². The Morgan fingerprint density at radius 1 is 1.44 bits per heavy atom. The lowest BCUT2D eigenvalue weighted by Gasteiger charge is -2.06. The van der Waals surface area contributed by atoms with E-state index in [0.717, 1.165) is 17.0 Å². The van der Waals surface area contributed by atoms with Gasteiger partial charge in [-0.3, -0.25) is 4.79 Å². The fourth-order valence-electron chi connectivity index (χ4n) is 1.39. The molecule has 0 aromatic heterocycles. The van der Waals surface area contributed by atoms with Gasteiger partial charge in [-0.2, -0.15) is 5.10 Å². The molecule has 0 unspecified atom stereocenters. The molecule has 5 nitrogen and oxygen atoms in total. The summed E-state index contributed by atoms with van der Waals surface area (Å²) in [5.41, 5.74) is 6.78. The van der Waals surface area contributed by atoms with Gasteiger partial charge in [0.2, 0.25) is 5.91 Å². The van der Waals surface area contributed by atoms with E-state index < -0.39 is 0 Å². The van der Waals surface area contributed by atoms with Gasteiger partial charge in [0.25, 0.3) is 7.98 Å². The molecule has 0 atom stereocenters. The average Bonchev–Trinajstić information content (AvgIpc) is 2.35. The minimum Gasteiger partial charge on any atom is -0.494 e. The number of primary amides is 1. The third-order valence-electron chi connectivity index (χ3n) is 2.34. The van der Waals surface area contributed by atoms with Crippen molar-refractivity contribution in [3.8, 4) is 5.75 Å². The van der Waals surface area contributed by atoms with Crippen LogP contribution in [0.15, 0.2) is 29.4 Å². The van der Waals surface area contributed by atoms with Crippen molar-refractivity contribution in [3.63, 3.8) is 0 Å². The summed E-state index contributed by atoms with van der Waals surface area (Å²) >= 11 is 0. The molecule has 1 amide bonds. The molecule has 0 aliphatic heterocycles. The molecular formula is C12H16BN3O2. The van der Waals surface area contributed by atoms with Crippen molar-refractivity contribution in [2.45, 2.75) is 19.8 Å². The van der Waals surface area contributed by atoms with Gasteiger partial charge in [-0.25, -0.2) is 0 Å². The van der Waals surface area contributed by atoms with Crippen molar-refractivity contribution in [1.82, 2.24) is 5.34 Å². The van der Waals surface area contributed by atoms with E-state index in [1.54, 1.807) is 0 Å². The number of nitrogens with two attached hydrogens (primary N) is 1. The van der Waals surface area contributed by atoms with Gasteiger partial charge in [-0.15, -0.1) is 0 Å². The minimum atomic E-state index is -0.310. The molecule has 0 fully saturated rings. The normalized spacial score (nSPS) is 11.1. The fraction of sp³-hybridized carbons (Fsp3) is 0.333. The third-order valence-corrected chi connectivity index (χ3v) is 2.34. The number of ether oxygens (including phenoxy) is 1. The molecule has 0 aliphatic rings. The number of rotatable bonds is 7. The van der Waals surface area contributed by atoms with Crippen molar-refractivity contribution in [2.75, 3.05) is 6.61 Å². The van der Waals surface area contributed by atoms with Gasteiger partial charge in [-0.1, -0.05) is 0 Å². The van der Waals surface area contributed by atoms with E-state index in [4.69, 9.17) is 18.5 Å². The van der Waals surface area contributed by atoms with Crippen LogP contribution in [0.25, 0.3) is 0 Å². The minimum absolute atomic E-state index is 0.310. The Morgan fingerprint density at radius 3 is 2.67 bits per heavy atom. The second kappa shape index (κ2) is 7.37. The summed E-state index contributed by atoms with van der Waals surface area (Å²) in [7, 11) is 5.10. The number of benzene rings is 1. The first-order chi connectivity index (χ1) is 8.63. The molecule has 1 rings (SSSR count). The summed E-state index contributed by atoms with van der Waals surface area (Å²) in [4.78, 5) is 10.5. The maximum absolute atomic E-state index is 10.5. The average molecular weight is 245 g/mol. The van der Waals surface area contributed by atoms with Crippen molar-refractivity contribution in [2.24, 2.45) is 10.8 Å². The Kier molecular flexibility index (Phi) is 5.77. The van der Waals surface area contributed by atoms with Crippen LogP contribution in [-0.4, -0.2) is 26.2 Å². The van der Waals surface area contributed by atoms with Crippen molar-refractivity contribution in [1.29, 1.82) is 0 Å². The number of carbonyl (C=O) groups excluding carboxylic acids is 1. The highest BCUT2D eigenvalue weighted by Gasteiger charge is 1.99. The molecule has 18 heavy (non-hydrogen) atoms. The number of hydrogen-bond acceptors (Lipinski definition) is 4. The Morgan fingerprint density at radius 2 is 2.11 bits per heavy atom. The molecule has 0 aliphatic carbocycles. The van der Waals surface area contributed by atoms with Crippen LogP contribution in [-0.2, 0) is 4.79 Å². The lowest BCUT2D eigenvalue weighted by molar-refractivity contribution is -0.118. The summed E-state index contributed by atoms with van der Waals surface area (Å²) in [6, 6.07) is 7.46. The van der Waals surface area contributed by atoms with Crippen LogP contribution < -0.4 is 15.8 Å². The topological polar surface area (TPSA) is 76.7 Å². The van der Waals surface area contributed by atoms with Crippen LogP contribution in [0, 0.1) is 0 Å². The first kappa shape index (κ1) is 14.1. The lowest BCUT2D eigenvalue weighted by Crippen LogP contribution is -2.11.